The summed E-state index contributed by atoms with van der Waals surface area (Å²) in [7, 11) is 0. The summed E-state index contributed by atoms with van der Waals surface area (Å²) in [6, 6.07) is 22.8. The highest BCUT2D eigenvalue weighted by molar-refractivity contribution is 5.91. The summed E-state index contributed by atoms with van der Waals surface area (Å²) in [4.78, 5) is 11.1. The van der Waals surface area contributed by atoms with Gasteiger partial charge in [0.05, 0.1) is 11.1 Å². The van der Waals surface area contributed by atoms with Crippen molar-refractivity contribution in [3.63, 3.8) is 0 Å². The van der Waals surface area contributed by atoms with Gasteiger partial charge in [0.2, 0.25) is 0 Å². The molecule has 30 heavy (non-hydrogen) atoms. The fraction of sp³-hybridized carbons (Fsp3) is 0.167. The van der Waals surface area contributed by atoms with Crippen LogP contribution in [0.4, 0.5) is 19.0 Å². The van der Waals surface area contributed by atoms with Gasteiger partial charge in [0.15, 0.2) is 5.82 Å². The van der Waals surface area contributed by atoms with Crippen molar-refractivity contribution in [2.45, 2.75) is 19.6 Å². The monoisotopic (exact) mass is 407 g/mol. The van der Waals surface area contributed by atoms with Crippen LogP contribution in [0.3, 0.4) is 0 Å². The third kappa shape index (κ3) is 3.99. The number of alkyl halides is 3. The quantitative estimate of drug-likeness (QED) is 0.386. The number of aromatic nitrogens is 2. The third-order valence-corrected chi connectivity index (χ3v) is 4.95. The first-order chi connectivity index (χ1) is 14.5. The van der Waals surface area contributed by atoms with E-state index in [4.69, 9.17) is 0 Å². The number of rotatable bonds is 5. The first-order valence-electron chi connectivity index (χ1n) is 9.69. The van der Waals surface area contributed by atoms with Crippen LogP contribution in [-0.4, -0.2) is 16.5 Å². The summed E-state index contributed by atoms with van der Waals surface area (Å²) in [5.74, 6) is 0.696. The van der Waals surface area contributed by atoms with E-state index in [1.807, 2.05) is 55.5 Å². The lowest BCUT2D eigenvalue weighted by Gasteiger charge is -2.24. The summed E-state index contributed by atoms with van der Waals surface area (Å²) in [5, 5.41) is 0.809. The van der Waals surface area contributed by atoms with Crippen LogP contribution in [0.5, 0.6) is 0 Å². The van der Waals surface area contributed by atoms with Gasteiger partial charge in [-0.3, -0.25) is 0 Å². The summed E-state index contributed by atoms with van der Waals surface area (Å²) in [6.45, 7) is 3.25. The molecule has 152 valence electrons. The molecule has 0 spiro atoms. The fourth-order valence-electron chi connectivity index (χ4n) is 3.49. The Labute approximate surface area is 172 Å². The second-order valence-corrected chi connectivity index (χ2v) is 6.93. The number of anilines is 1. The summed E-state index contributed by atoms with van der Waals surface area (Å²) < 4.78 is 40.8. The minimum Gasteiger partial charge on any atom is -0.352 e. The van der Waals surface area contributed by atoms with Gasteiger partial charge in [-0.15, -0.1) is 0 Å². The molecule has 0 N–H and O–H groups in total. The van der Waals surface area contributed by atoms with Crippen LogP contribution in [0, 0.1) is 0 Å². The Morgan fingerprint density at radius 3 is 2.20 bits per heavy atom. The van der Waals surface area contributed by atoms with E-state index < -0.39 is 11.7 Å². The second kappa shape index (κ2) is 8.14. The lowest BCUT2D eigenvalue weighted by atomic mass is 10.1. The molecule has 0 amide bonds. The molecule has 0 fully saturated rings. The van der Waals surface area contributed by atoms with Crippen LogP contribution in [-0.2, 0) is 12.7 Å². The maximum absolute atomic E-state index is 13.6. The molecule has 3 aromatic carbocycles. The molecule has 1 aromatic heterocycles. The highest BCUT2D eigenvalue weighted by Crippen LogP contribution is 2.37. The van der Waals surface area contributed by atoms with Crippen molar-refractivity contribution in [2.24, 2.45) is 0 Å². The Kier molecular flexibility index (Phi) is 5.40. The molecule has 3 nitrogen and oxygen atoms in total. The molecular formula is C24H20F3N3. The maximum atomic E-state index is 13.6. The first kappa shape index (κ1) is 19.9. The van der Waals surface area contributed by atoms with Crippen molar-refractivity contribution in [1.82, 2.24) is 9.97 Å². The van der Waals surface area contributed by atoms with Gasteiger partial charge in [0, 0.05) is 24.0 Å². The average molecular weight is 407 g/mol. The first-order valence-corrected chi connectivity index (χ1v) is 9.69. The van der Waals surface area contributed by atoms with Crippen LogP contribution < -0.4 is 4.90 Å². The van der Waals surface area contributed by atoms with Crippen LogP contribution >= 0.6 is 0 Å². The van der Waals surface area contributed by atoms with Gasteiger partial charge in [-0.1, -0.05) is 60.7 Å². The minimum atomic E-state index is -4.49. The molecule has 0 saturated carbocycles. The molecule has 0 radical (unpaired) electrons. The van der Waals surface area contributed by atoms with E-state index in [1.165, 1.54) is 12.1 Å². The zero-order valence-corrected chi connectivity index (χ0v) is 16.4. The molecule has 0 bridgehead atoms. The molecule has 4 aromatic rings. The van der Waals surface area contributed by atoms with Crippen molar-refractivity contribution in [3.05, 3.63) is 90.0 Å². The predicted octanol–water partition coefficient (Wildman–Crippen LogP) is 6.34. The van der Waals surface area contributed by atoms with E-state index in [-0.39, 0.29) is 11.4 Å². The smallest absolute Gasteiger partial charge is 0.352 e. The van der Waals surface area contributed by atoms with Crippen molar-refractivity contribution < 1.29 is 13.2 Å². The van der Waals surface area contributed by atoms with Crippen LogP contribution in [0.15, 0.2) is 78.9 Å². The van der Waals surface area contributed by atoms with E-state index in [1.54, 1.807) is 12.1 Å². The summed E-state index contributed by atoms with van der Waals surface area (Å²) in [5.41, 5.74) is 0.949. The zero-order chi connectivity index (χ0) is 21.1. The van der Waals surface area contributed by atoms with E-state index in [0.29, 0.717) is 24.4 Å². The Hall–Kier alpha value is -3.41. The Morgan fingerprint density at radius 1 is 0.800 bits per heavy atom. The number of nitrogens with zero attached hydrogens (tertiary/aromatic N) is 3. The number of halogens is 3. The lowest BCUT2D eigenvalue weighted by molar-refractivity contribution is -0.137. The molecule has 0 aliphatic rings. The van der Waals surface area contributed by atoms with Crippen molar-refractivity contribution in [3.8, 4) is 11.4 Å². The van der Waals surface area contributed by atoms with E-state index in [9.17, 15) is 13.2 Å². The normalized spacial score (nSPS) is 11.6. The molecule has 0 saturated heterocycles. The summed E-state index contributed by atoms with van der Waals surface area (Å²) in [6.07, 6.45) is -4.49. The van der Waals surface area contributed by atoms with Gasteiger partial charge in [-0.2, -0.15) is 13.2 Å². The predicted molar refractivity (Wildman–Crippen MR) is 113 cm³/mol. The standard InChI is InChI=1S/C24H20F3N3/c1-2-30(16-17-10-4-3-5-11-17)23-19-13-7-9-15-21(19)28-22(29-23)18-12-6-8-14-20(18)24(25,26)27/h3-15H,2,16H2,1H3. The van der Waals surface area contributed by atoms with Crippen molar-refractivity contribution >= 4 is 16.7 Å². The molecule has 1 heterocycles. The molecule has 0 unspecified atom stereocenters. The molecule has 6 heteroatoms. The molecule has 0 atom stereocenters. The second-order valence-electron chi connectivity index (χ2n) is 6.93. The van der Waals surface area contributed by atoms with Gasteiger partial charge in [0.25, 0.3) is 0 Å². The Morgan fingerprint density at radius 2 is 1.47 bits per heavy atom. The van der Waals surface area contributed by atoms with E-state index in [0.717, 1.165) is 17.0 Å². The molecule has 0 aliphatic carbocycles. The number of fused-ring (bicyclic) bond motifs is 1. The number of para-hydroxylation sites is 1. The Bertz CT molecular complexity index is 1160. The van der Waals surface area contributed by atoms with Gasteiger partial charge < -0.3 is 4.90 Å². The maximum Gasteiger partial charge on any atom is 0.417 e. The van der Waals surface area contributed by atoms with Crippen LogP contribution in [0.2, 0.25) is 0 Å². The van der Waals surface area contributed by atoms with Gasteiger partial charge >= 0.3 is 6.18 Å². The minimum absolute atomic E-state index is 0.0206. The summed E-state index contributed by atoms with van der Waals surface area (Å²) >= 11 is 0. The van der Waals surface area contributed by atoms with Gasteiger partial charge in [0.1, 0.15) is 5.82 Å². The third-order valence-electron chi connectivity index (χ3n) is 4.95. The highest BCUT2D eigenvalue weighted by atomic mass is 19.4. The lowest BCUT2D eigenvalue weighted by Crippen LogP contribution is -2.24. The SMILES string of the molecule is CCN(Cc1ccccc1)c1nc(-c2ccccc2C(F)(F)F)nc2ccccc12. The number of hydrogen-bond acceptors (Lipinski definition) is 3. The highest BCUT2D eigenvalue weighted by Gasteiger charge is 2.34. The molecular weight excluding hydrogens is 387 g/mol. The fourth-order valence-corrected chi connectivity index (χ4v) is 3.49. The number of hydrogen-bond donors (Lipinski definition) is 0. The largest absolute Gasteiger partial charge is 0.417 e. The number of benzene rings is 3. The van der Waals surface area contributed by atoms with Gasteiger partial charge in [-0.25, -0.2) is 9.97 Å². The topological polar surface area (TPSA) is 29.0 Å². The van der Waals surface area contributed by atoms with Crippen molar-refractivity contribution in [1.29, 1.82) is 0 Å². The van der Waals surface area contributed by atoms with Crippen LogP contribution in [0.1, 0.15) is 18.1 Å². The zero-order valence-electron chi connectivity index (χ0n) is 16.4. The molecule has 0 aliphatic heterocycles. The van der Waals surface area contributed by atoms with Gasteiger partial charge in [-0.05, 0) is 30.7 Å². The van der Waals surface area contributed by atoms with E-state index >= 15 is 0 Å². The van der Waals surface area contributed by atoms with E-state index in [2.05, 4.69) is 14.9 Å². The molecule has 4 rings (SSSR count). The Balaban J connectivity index is 1.89. The van der Waals surface area contributed by atoms with Crippen LogP contribution in [0.25, 0.3) is 22.3 Å². The average Bonchev–Trinajstić information content (AvgIpc) is 2.77. The van der Waals surface area contributed by atoms with Crippen molar-refractivity contribution in [2.75, 3.05) is 11.4 Å².